The highest BCUT2D eigenvalue weighted by molar-refractivity contribution is 6.03. The average Bonchev–Trinajstić information content (AvgIpc) is 3.43. The van der Waals surface area contributed by atoms with Crippen LogP contribution in [0.25, 0.3) is 0 Å². The Balaban J connectivity index is 1.07. The number of ether oxygens (including phenoxy) is 2. The van der Waals surface area contributed by atoms with Gasteiger partial charge in [-0.25, -0.2) is 9.37 Å². The van der Waals surface area contributed by atoms with E-state index in [-0.39, 0.29) is 30.1 Å². The van der Waals surface area contributed by atoms with Gasteiger partial charge in [-0.05, 0) is 48.0 Å². The number of pyridine rings is 1. The van der Waals surface area contributed by atoms with Gasteiger partial charge in [-0.1, -0.05) is 6.07 Å². The highest BCUT2D eigenvalue weighted by Gasteiger charge is 2.37. The fourth-order valence-electron chi connectivity index (χ4n) is 4.87. The summed E-state index contributed by atoms with van der Waals surface area (Å²) in [4.78, 5) is 47.3. The van der Waals surface area contributed by atoms with E-state index < -0.39 is 12.2 Å². The zero-order valence-electron chi connectivity index (χ0n) is 20.8. The number of likely N-dealkylation sites (tertiary alicyclic amines) is 1. The van der Waals surface area contributed by atoms with E-state index in [2.05, 4.69) is 4.98 Å². The van der Waals surface area contributed by atoms with Crippen LogP contribution in [0.3, 0.4) is 0 Å². The van der Waals surface area contributed by atoms with E-state index >= 15 is 0 Å². The van der Waals surface area contributed by atoms with Crippen molar-refractivity contribution in [2.75, 3.05) is 31.1 Å². The van der Waals surface area contributed by atoms with E-state index in [4.69, 9.17) is 9.47 Å². The van der Waals surface area contributed by atoms with Gasteiger partial charge in [-0.3, -0.25) is 14.4 Å². The fraction of sp³-hybridized carbons (Fsp3) is 0.286. The highest BCUT2D eigenvalue weighted by Crippen LogP contribution is 2.31. The van der Waals surface area contributed by atoms with E-state index in [1.807, 2.05) is 6.07 Å². The summed E-state index contributed by atoms with van der Waals surface area (Å²) in [6.07, 6.45) is 0.714. The molecule has 3 aliphatic rings. The molecular formula is C28H25FN4O6. The molecule has 0 spiro atoms. The van der Waals surface area contributed by atoms with Crippen molar-refractivity contribution in [3.8, 4) is 17.4 Å². The van der Waals surface area contributed by atoms with Gasteiger partial charge >= 0.3 is 0 Å². The first-order valence-corrected chi connectivity index (χ1v) is 12.6. The van der Waals surface area contributed by atoms with Crippen LogP contribution in [0.5, 0.6) is 17.4 Å². The van der Waals surface area contributed by atoms with E-state index in [1.165, 1.54) is 40.3 Å². The maximum absolute atomic E-state index is 13.1. The molecule has 2 saturated heterocycles. The van der Waals surface area contributed by atoms with Crippen LogP contribution in [0.2, 0.25) is 0 Å². The average molecular weight is 533 g/mol. The summed E-state index contributed by atoms with van der Waals surface area (Å²) < 4.78 is 24.5. The van der Waals surface area contributed by atoms with Crippen LogP contribution in [-0.2, 0) is 16.1 Å². The molecule has 1 aromatic heterocycles. The van der Waals surface area contributed by atoms with Crippen molar-refractivity contribution < 1.29 is 33.4 Å². The third kappa shape index (κ3) is 5.00. The Morgan fingerprint density at radius 3 is 2.54 bits per heavy atom. The Kier molecular flexibility index (Phi) is 6.35. The summed E-state index contributed by atoms with van der Waals surface area (Å²) in [7, 11) is 0. The lowest BCUT2D eigenvalue weighted by molar-refractivity contribution is -0.141. The first-order valence-electron chi connectivity index (χ1n) is 12.6. The molecule has 0 aliphatic carbocycles. The first kappa shape index (κ1) is 24.8. The molecule has 3 amide bonds. The minimum absolute atomic E-state index is 0.0457. The van der Waals surface area contributed by atoms with Gasteiger partial charge in [0.05, 0.1) is 12.3 Å². The number of aromatic nitrogens is 1. The van der Waals surface area contributed by atoms with E-state index in [1.54, 1.807) is 29.2 Å². The molecule has 3 aromatic rings. The highest BCUT2D eigenvalue weighted by atomic mass is 19.1. The maximum Gasteiger partial charge on any atom is 0.268 e. The number of aliphatic hydroxyl groups is 1. The molecule has 3 aliphatic heterocycles. The zero-order valence-corrected chi connectivity index (χ0v) is 20.8. The summed E-state index contributed by atoms with van der Waals surface area (Å²) in [5, 5.41) is 9.41. The number of amides is 3. The van der Waals surface area contributed by atoms with Gasteiger partial charge in [0.1, 0.15) is 23.9 Å². The summed E-state index contributed by atoms with van der Waals surface area (Å²) in [6.45, 7) is 1.29. The second kappa shape index (κ2) is 9.99. The van der Waals surface area contributed by atoms with Crippen molar-refractivity contribution in [2.24, 2.45) is 0 Å². The number of fused-ring (bicyclic) bond motifs is 1. The van der Waals surface area contributed by atoms with Crippen LogP contribution in [0, 0.1) is 5.82 Å². The number of nitrogens with zero attached hydrogens (tertiary/aromatic N) is 4. The lowest BCUT2D eigenvalue weighted by Gasteiger charge is -2.36. The number of halogens is 1. The molecule has 2 fully saturated rings. The molecule has 1 unspecified atom stereocenters. The van der Waals surface area contributed by atoms with Crippen LogP contribution in [0.1, 0.15) is 22.3 Å². The molecule has 10 nitrogen and oxygen atoms in total. The van der Waals surface area contributed by atoms with Crippen LogP contribution in [-0.4, -0.2) is 76.0 Å². The Hall–Kier alpha value is -4.51. The smallest absolute Gasteiger partial charge is 0.268 e. The molecule has 6 rings (SSSR count). The number of aliphatic hydroxyl groups excluding tert-OH is 1. The van der Waals surface area contributed by atoms with Gasteiger partial charge in [0.2, 0.25) is 11.8 Å². The number of rotatable bonds is 7. The molecule has 2 aromatic carbocycles. The van der Waals surface area contributed by atoms with Gasteiger partial charge in [0.25, 0.3) is 11.8 Å². The minimum atomic E-state index is -0.708. The Labute approximate surface area is 223 Å². The van der Waals surface area contributed by atoms with E-state index in [0.29, 0.717) is 61.2 Å². The molecule has 1 N–H and O–H groups in total. The maximum atomic E-state index is 13.1. The quantitative estimate of drug-likeness (QED) is 0.497. The summed E-state index contributed by atoms with van der Waals surface area (Å²) in [5.74, 6) is 0.109. The number of anilines is 1. The van der Waals surface area contributed by atoms with Crippen LogP contribution >= 0.6 is 0 Å². The van der Waals surface area contributed by atoms with Gasteiger partial charge in [0.15, 0.2) is 6.10 Å². The Bertz CT molecular complexity index is 1420. The van der Waals surface area contributed by atoms with Crippen molar-refractivity contribution in [3.05, 3.63) is 77.7 Å². The van der Waals surface area contributed by atoms with Crippen LogP contribution in [0.4, 0.5) is 10.1 Å². The predicted molar refractivity (Wildman–Crippen MR) is 136 cm³/mol. The molecule has 4 heterocycles. The van der Waals surface area contributed by atoms with Crippen LogP contribution < -0.4 is 14.4 Å². The summed E-state index contributed by atoms with van der Waals surface area (Å²) >= 11 is 0. The molecule has 11 heteroatoms. The Morgan fingerprint density at radius 1 is 1.05 bits per heavy atom. The van der Waals surface area contributed by atoms with Crippen molar-refractivity contribution in [2.45, 2.75) is 25.2 Å². The summed E-state index contributed by atoms with van der Waals surface area (Å²) in [5.41, 5.74) is 1.87. The van der Waals surface area contributed by atoms with E-state index in [9.17, 15) is 23.9 Å². The number of β-amino-alcohol motifs (C(OH)–C–C–N with tert-alkyl or cyclic N) is 1. The second-order valence-corrected chi connectivity index (χ2v) is 9.73. The monoisotopic (exact) mass is 532 g/mol. The molecule has 200 valence electrons. The second-order valence-electron chi connectivity index (χ2n) is 9.73. The third-order valence-corrected chi connectivity index (χ3v) is 7.01. The van der Waals surface area contributed by atoms with Crippen molar-refractivity contribution in [3.63, 3.8) is 0 Å². The van der Waals surface area contributed by atoms with Gasteiger partial charge in [0, 0.05) is 49.9 Å². The molecule has 0 bridgehead atoms. The normalized spacial score (nSPS) is 18.8. The number of hydrogen-bond donors (Lipinski definition) is 1. The molecule has 1 atom stereocenters. The van der Waals surface area contributed by atoms with Gasteiger partial charge < -0.3 is 29.3 Å². The number of carbonyl (C=O) groups is 3. The lowest BCUT2D eigenvalue weighted by atomic mass is 10.1. The standard InChI is InChI=1S/C28H25FN4O6/c29-18-2-5-21(6-3-18)39-25-8-7-22(12-30-25)38-24-9-10-33(28(24)37)19-4-1-17-13-32(27(36)23(17)11-19)16-26(35)31-14-20(34)15-31/h1-8,11-12,20,24,34H,9-10,13-16H2. The largest absolute Gasteiger partial charge is 0.479 e. The van der Waals surface area contributed by atoms with E-state index in [0.717, 1.165) is 5.56 Å². The van der Waals surface area contributed by atoms with Crippen molar-refractivity contribution in [1.29, 1.82) is 0 Å². The minimum Gasteiger partial charge on any atom is -0.479 e. The van der Waals surface area contributed by atoms with Gasteiger partial charge in [-0.2, -0.15) is 0 Å². The number of hydrogen-bond acceptors (Lipinski definition) is 7. The van der Waals surface area contributed by atoms with Crippen molar-refractivity contribution >= 4 is 23.4 Å². The third-order valence-electron chi connectivity index (χ3n) is 7.01. The Morgan fingerprint density at radius 2 is 1.82 bits per heavy atom. The topological polar surface area (TPSA) is 113 Å². The number of carbonyl (C=O) groups excluding carboxylic acids is 3. The van der Waals surface area contributed by atoms with Crippen LogP contribution in [0.15, 0.2) is 60.8 Å². The molecular weight excluding hydrogens is 507 g/mol. The predicted octanol–water partition coefficient (Wildman–Crippen LogP) is 2.36. The van der Waals surface area contributed by atoms with Crippen molar-refractivity contribution in [1.82, 2.24) is 14.8 Å². The molecule has 0 radical (unpaired) electrons. The summed E-state index contributed by atoms with van der Waals surface area (Å²) in [6, 6.07) is 14.1. The SMILES string of the molecule is O=C(CN1Cc2ccc(N3CCC(Oc4ccc(Oc5ccc(F)cc5)nc4)C3=O)cc2C1=O)N1CC(O)C1. The molecule has 39 heavy (non-hydrogen) atoms. The lowest BCUT2D eigenvalue weighted by Crippen LogP contribution is -2.55. The number of benzene rings is 2. The zero-order chi connectivity index (χ0) is 27.1. The molecule has 0 saturated carbocycles. The first-order chi connectivity index (χ1) is 18.8. The van der Waals surface area contributed by atoms with Gasteiger partial charge in [-0.15, -0.1) is 0 Å². The fourth-order valence-corrected chi connectivity index (χ4v) is 4.87.